The van der Waals surface area contributed by atoms with Crippen molar-refractivity contribution in [3.8, 4) is 0 Å². The van der Waals surface area contributed by atoms with Crippen LogP contribution < -0.4 is 5.43 Å². The number of rotatable bonds is 2. The van der Waals surface area contributed by atoms with E-state index in [0.29, 0.717) is 11.9 Å². The van der Waals surface area contributed by atoms with Crippen LogP contribution in [-0.4, -0.2) is 14.8 Å². The van der Waals surface area contributed by atoms with E-state index >= 15 is 0 Å². The normalized spacial score (nSPS) is 11.2. The highest BCUT2D eigenvalue weighted by Gasteiger charge is 2.07. The average Bonchev–Trinajstić information content (AvgIpc) is 2.93. The van der Waals surface area contributed by atoms with Crippen LogP contribution in [0.4, 0.5) is 0 Å². The van der Waals surface area contributed by atoms with Gasteiger partial charge in [-0.3, -0.25) is 9.48 Å². The number of benzene rings is 2. The summed E-state index contributed by atoms with van der Waals surface area (Å²) < 4.78 is 2.99. The Labute approximate surface area is 124 Å². The Balaban J connectivity index is 1.84. The van der Waals surface area contributed by atoms with Gasteiger partial charge in [-0.1, -0.05) is 24.3 Å². The lowest BCUT2D eigenvalue weighted by molar-refractivity contribution is 0.692. The zero-order valence-corrected chi connectivity index (χ0v) is 11.9. The van der Waals surface area contributed by atoms with Gasteiger partial charge < -0.3 is 0 Å². The van der Waals surface area contributed by atoms with E-state index in [9.17, 15) is 4.79 Å². The van der Waals surface area contributed by atoms with E-state index in [1.54, 1.807) is 11.3 Å². The summed E-state index contributed by atoms with van der Waals surface area (Å²) in [4.78, 5) is 16.5. The van der Waals surface area contributed by atoms with Crippen LogP contribution in [0.3, 0.4) is 0 Å². The van der Waals surface area contributed by atoms with Crippen molar-refractivity contribution in [2.45, 2.75) is 6.54 Å². The summed E-state index contributed by atoms with van der Waals surface area (Å²) in [7, 11) is 0. The highest BCUT2D eigenvalue weighted by Crippen LogP contribution is 2.22. The summed E-state index contributed by atoms with van der Waals surface area (Å²) in [5.74, 6) is 0. The molecule has 102 valence electrons. The van der Waals surface area contributed by atoms with Crippen molar-refractivity contribution in [3.05, 3.63) is 70.0 Å². The second kappa shape index (κ2) is 4.79. The lowest BCUT2D eigenvalue weighted by Gasteiger charge is -2.06. The third-order valence-electron chi connectivity index (χ3n) is 3.39. The SMILES string of the molecule is O=c1cnn(Cc2nc3ccccc3s2)c2ccccc12. The molecule has 0 unspecified atom stereocenters. The third kappa shape index (κ3) is 2.11. The Morgan fingerprint density at radius 1 is 1.05 bits per heavy atom. The van der Waals surface area contributed by atoms with Crippen LogP contribution in [0.15, 0.2) is 59.5 Å². The number of thiazole rings is 1. The van der Waals surface area contributed by atoms with Gasteiger partial charge in [-0.15, -0.1) is 11.3 Å². The first kappa shape index (κ1) is 12.2. The molecule has 0 atom stereocenters. The summed E-state index contributed by atoms with van der Waals surface area (Å²) in [5.41, 5.74) is 1.79. The Morgan fingerprint density at radius 2 is 1.86 bits per heavy atom. The molecule has 0 N–H and O–H groups in total. The van der Waals surface area contributed by atoms with Gasteiger partial charge in [-0.2, -0.15) is 5.10 Å². The molecule has 5 heteroatoms. The van der Waals surface area contributed by atoms with E-state index in [0.717, 1.165) is 20.7 Å². The molecule has 0 bridgehead atoms. The molecule has 0 aliphatic carbocycles. The Kier molecular flexibility index (Phi) is 2.79. The molecule has 2 aromatic heterocycles. The summed E-state index contributed by atoms with van der Waals surface area (Å²) in [6.45, 7) is 0.570. The molecule has 0 amide bonds. The van der Waals surface area contributed by atoms with E-state index in [4.69, 9.17) is 0 Å². The lowest BCUT2D eigenvalue weighted by Crippen LogP contribution is -2.12. The van der Waals surface area contributed by atoms with Crippen LogP contribution in [0.2, 0.25) is 0 Å². The molecule has 4 rings (SSSR count). The lowest BCUT2D eigenvalue weighted by atomic mass is 10.2. The second-order valence-electron chi connectivity index (χ2n) is 4.76. The number of para-hydroxylation sites is 2. The molecule has 0 radical (unpaired) electrons. The highest BCUT2D eigenvalue weighted by atomic mass is 32.1. The molecule has 4 nitrogen and oxygen atoms in total. The van der Waals surface area contributed by atoms with Gasteiger partial charge in [-0.25, -0.2) is 4.98 Å². The molecule has 0 aliphatic heterocycles. The van der Waals surface area contributed by atoms with Crippen LogP contribution in [0.25, 0.3) is 21.1 Å². The molecule has 2 aromatic carbocycles. The van der Waals surface area contributed by atoms with Crippen molar-refractivity contribution in [1.82, 2.24) is 14.8 Å². The number of hydrogen-bond donors (Lipinski definition) is 0. The largest absolute Gasteiger partial charge is 0.287 e. The summed E-state index contributed by atoms with van der Waals surface area (Å²) in [6, 6.07) is 15.6. The quantitative estimate of drug-likeness (QED) is 0.570. The predicted octanol–water partition coefficient (Wildman–Crippen LogP) is 3.05. The fraction of sp³-hybridized carbons (Fsp3) is 0.0625. The topological polar surface area (TPSA) is 47.8 Å². The Morgan fingerprint density at radius 3 is 2.76 bits per heavy atom. The van der Waals surface area contributed by atoms with Gasteiger partial charge in [0.15, 0.2) is 0 Å². The van der Waals surface area contributed by atoms with Crippen LogP contribution >= 0.6 is 11.3 Å². The van der Waals surface area contributed by atoms with Crippen molar-refractivity contribution < 1.29 is 0 Å². The maximum Gasteiger partial charge on any atom is 0.207 e. The van der Waals surface area contributed by atoms with Crippen molar-refractivity contribution in [3.63, 3.8) is 0 Å². The first-order chi connectivity index (χ1) is 10.3. The van der Waals surface area contributed by atoms with Crippen LogP contribution in [-0.2, 0) is 6.54 Å². The van der Waals surface area contributed by atoms with E-state index in [2.05, 4.69) is 16.1 Å². The summed E-state index contributed by atoms with van der Waals surface area (Å²) in [6.07, 6.45) is 1.37. The number of aromatic nitrogens is 3. The van der Waals surface area contributed by atoms with Gasteiger partial charge in [0.2, 0.25) is 5.43 Å². The molecule has 0 saturated heterocycles. The summed E-state index contributed by atoms with van der Waals surface area (Å²) >= 11 is 1.65. The molecule has 0 saturated carbocycles. The first-order valence-electron chi connectivity index (χ1n) is 6.60. The Hall–Kier alpha value is -2.53. The van der Waals surface area contributed by atoms with Crippen LogP contribution in [0.1, 0.15) is 5.01 Å². The number of fused-ring (bicyclic) bond motifs is 2. The van der Waals surface area contributed by atoms with Crippen molar-refractivity contribution in [2.24, 2.45) is 0 Å². The number of hydrogen-bond acceptors (Lipinski definition) is 4. The zero-order chi connectivity index (χ0) is 14.2. The molecule has 21 heavy (non-hydrogen) atoms. The fourth-order valence-corrected chi connectivity index (χ4v) is 3.35. The van der Waals surface area contributed by atoms with Gasteiger partial charge in [0.05, 0.1) is 28.5 Å². The van der Waals surface area contributed by atoms with Gasteiger partial charge in [0.1, 0.15) is 5.01 Å². The van der Waals surface area contributed by atoms with Gasteiger partial charge in [-0.05, 0) is 24.3 Å². The van der Waals surface area contributed by atoms with E-state index in [1.165, 1.54) is 6.20 Å². The smallest absolute Gasteiger partial charge is 0.207 e. The Bertz CT molecular complexity index is 970. The minimum absolute atomic E-state index is 0.0499. The van der Waals surface area contributed by atoms with Crippen molar-refractivity contribution >= 4 is 32.5 Å². The molecule has 0 fully saturated rings. The van der Waals surface area contributed by atoms with Crippen molar-refractivity contribution in [1.29, 1.82) is 0 Å². The predicted molar refractivity (Wildman–Crippen MR) is 84.7 cm³/mol. The minimum Gasteiger partial charge on any atom is -0.287 e. The molecular weight excluding hydrogens is 282 g/mol. The summed E-state index contributed by atoms with van der Waals surface area (Å²) in [5, 5.41) is 5.92. The second-order valence-corrected chi connectivity index (χ2v) is 5.87. The monoisotopic (exact) mass is 293 g/mol. The van der Waals surface area contributed by atoms with Crippen molar-refractivity contribution in [2.75, 3.05) is 0 Å². The fourth-order valence-electron chi connectivity index (χ4n) is 2.40. The van der Waals surface area contributed by atoms with E-state index in [-0.39, 0.29) is 5.43 Å². The maximum absolute atomic E-state index is 11.8. The molecule has 0 spiro atoms. The van der Waals surface area contributed by atoms with Gasteiger partial charge in [0, 0.05) is 5.39 Å². The van der Waals surface area contributed by atoms with E-state index in [1.807, 2.05) is 47.1 Å². The number of nitrogens with zero attached hydrogens (tertiary/aromatic N) is 3. The maximum atomic E-state index is 11.8. The zero-order valence-electron chi connectivity index (χ0n) is 11.1. The molecule has 4 aromatic rings. The first-order valence-corrected chi connectivity index (χ1v) is 7.42. The van der Waals surface area contributed by atoms with Gasteiger partial charge in [0.25, 0.3) is 0 Å². The molecule has 2 heterocycles. The third-order valence-corrected chi connectivity index (χ3v) is 4.41. The minimum atomic E-state index is -0.0499. The average molecular weight is 293 g/mol. The molecular formula is C16H11N3OS. The highest BCUT2D eigenvalue weighted by molar-refractivity contribution is 7.18. The van der Waals surface area contributed by atoms with Crippen LogP contribution in [0, 0.1) is 0 Å². The standard InChI is InChI=1S/C16H11N3OS/c20-14-9-17-19(13-7-3-1-5-11(13)14)10-16-18-12-6-2-4-8-15(12)21-16/h1-9H,10H2. The van der Waals surface area contributed by atoms with Gasteiger partial charge >= 0.3 is 0 Å². The molecule has 0 aliphatic rings. The van der Waals surface area contributed by atoms with E-state index < -0.39 is 0 Å². The van der Waals surface area contributed by atoms with Crippen LogP contribution in [0.5, 0.6) is 0 Å².